The van der Waals surface area contributed by atoms with Crippen LogP contribution in [0.25, 0.3) is 0 Å². The Balaban J connectivity index is 2.13. The van der Waals surface area contributed by atoms with Crippen LogP contribution in [-0.2, 0) is 15.2 Å². The van der Waals surface area contributed by atoms with Crippen molar-refractivity contribution < 1.29 is 19.0 Å². The highest BCUT2D eigenvalue weighted by atomic mass is 32.2. The van der Waals surface area contributed by atoms with Gasteiger partial charge in [0.25, 0.3) is 0 Å². The molecular formula is C15H20O4S. The molecule has 1 saturated heterocycles. The highest BCUT2D eigenvalue weighted by Crippen LogP contribution is 2.31. The summed E-state index contributed by atoms with van der Waals surface area (Å²) < 4.78 is 15.6. The SMILES string of the molecule is COC(=O)c1cccc(OC)c1CSC1CCOCC1. The molecule has 0 saturated carbocycles. The van der Waals surface area contributed by atoms with E-state index in [9.17, 15) is 4.79 Å². The molecule has 0 N–H and O–H groups in total. The summed E-state index contributed by atoms with van der Waals surface area (Å²) >= 11 is 1.85. The van der Waals surface area contributed by atoms with Gasteiger partial charge in [-0.2, -0.15) is 11.8 Å². The molecule has 2 rings (SSSR count). The summed E-state index contributed by atoms with van der Waals surface area (Å²) in [5.41, 5.74) is 1.50. The largest absolute Gasteiger partial charge is 0.496 e. The molecule has 1 aromatic rings. The normalized spacial score (nSPS) is 15.9. The number of carbonyl (C=O) groups is 1. The molecule has 1 fully saturated rings. The quantitative estimate of drug-likeness (QED) is 0.782. The van der Waals surface area contributed by atoms with Gasteiger partial charge in [-0.25, -0.2) is 4.79 Å². The van der Waals surface area contributed by atoms with Gasteiger partial charge >= 0.3 is 5.97 Å². The third kappa shape index (κ3) is 3.67. The van der Waals surface area contributed by atoms with Gasteiger partial charge in [-0.3, -0.25) is 0 Å². The fourth-order valence-electron chi connectivity index (χ4n) is 2.25. The number of esters is 1. The number of benzene rings is 1. The molecule has 1 heterocycles. The summed E-state index contributed by atoms with van der Waals surface area (Å²) in [5, 5.41) is 0.583. The molecule has 4 nitrogen and oxygen atoms in total. The monoisotopic (exact) mass is 296 g/mol. The lowest BCUT2D eigenvalue weighted by Crippen LogP contribution is -2.18. The molecule has 0 spiro atoms. The topological polar surface area (TPSA) is 44.8 Å². The smallest absolute Gasteiger partial charge is 0.338 e. The van der Waals surface area contributed by atoms with Crippen molar-refractivity contribution in [3.8, 4) is 5.75 Å². The number of thioether (sulfide) groups is 1. The summed E-state index contributed by atoms with van der Waals surface area (Å²) in [5.74, 6) is 1.18. The Kier molecular flexibility index (Phi) is 5.73. The van der Waals surface area contributed by atoms with Gasteiger partial charge in [0.15, 0.2) is 0 Å². The first-order chi connectivity index (χ1) is 9.76. The third-order valence-electron chi connectivity index (χ3n) is 3.39. The first kappa shape index (κ1) is 15.2. The number of rotatable bonds is 5. The zero-order valence-electron chi connectivity index (χ0n) is 11.9. The molecule has 20 heavy (non-hydrogen) atoms. The lowest BCUT2D eigenvalue weighted by atomic mass is 10.1. The summed E-state index contributed by atoms with van der Waals surface area (Å²) in [6.07, 6.45) is 2.13. The predicted octanol–water partition coefficient (Wildman–Crippen LogP) is 2.89. The van der Waals surface area contributed by atoms with Crippen LogP contribution in [0.1, 0.15) is 28.8 Å². The maximum atomic E-state index is 11.8. The molecule has 1 aliphatic rings. The number of methoxy groups -OCH3 is 2. The predicted molar refractivity (Wildman–Crippen MR) is 79.5 cm³/mol. The molecule has 0 radical (unpaired) electrons. The van der Waals surface area contributed by atoms with Crippen molar-refractivity contribution in [2.45, 2.75) is 23.8 Å². The first-order valence-electron chi connectivity index (χ1n) is 6.69. The van der Waals surface area contributed by atoms with Gasteiger partial charge < -0.3 is 14.2 Å². The van der Waals surface area contributed by atoms with Crippen LogP contribution >= 0.6 is 11.8 Å². The Hall–Kier alpha value is -1.20. The molecular weight excluding hydrogens is 276 g/mol. The highest BCUT2D eigenvalue weighted by Gasteiger charge is 2.19. The van der Waals surface area contributed by atoms with Gasteiger partial charge in [0.05, 0.1) is 19.8 Å². The molecule has 0 amide bonds. The van der Waals surface area contributed by atoms with Gasteiger partial charge in [0.2, 0.25) is 0 Å². The molecule has 0 aromatic heterocycles. The fraction of sp³-hybridized carbons (Fsp3) is 0.533. The van der Waals surface area contributed by atoms with Crippen molar-refractivity contribution in [2.75, 3.05) is 27.4 Å². The van der Waals surface area contributed by atoms with E-state index >= 15 is 0 Å². The molecule has 1 aromatic carbocycles. The zero-order chi connectivity index (χ0) is 14.4. The van der Waals surface area contributed by atoms with Crippen LogP contribution in [0.4, 0.5) is 0 Å². The van der Waals surface area contributed by atoms with Crippen LogP contribution in [0.5, 0.6) is 5.75 Å². The second-order valence-corrected chi connectivity index (χ2v) is 5.89. The van der Waals surface area contributed by atoms with Crippen molar-refractivity contribution >= 4 is 17.7 Å². The van der Waals surface area contributed by atoms with E-state index in [1.165, 1.54) is 7.11 Å². The van der Waals surface area contributed by atoms with E-state index in [4.69, 9.17) is 14.2 Å². The van der Waals surface area contributed by atoms with Crippen LogP contribution in [-0.4, -0.2) is 38.7 Å². The Morgan fingerprint density at radius 1 is 1.35 bits per heavy atom. The van der Waals surface area contributed by atoms with E-state index < -0.39 is 0 Å². The summed E-state index contributed by atoms with van der Waals surface area (Å²) in [6, 6.07) is 5.48. The number of ether oxygens (including phenoxy) is 3. The standard InChI is InChI=1S/C15H20O4S/c1-17-14-5-3-4-12(15(16)18-2)13(14)10-20-11-6-8-19-9-7-11/h3-5,11H,6-10H2,1-2H3. The molecule has 0 aliphatic carbocycles. The maximum Gasteiger partial charge on any atom is 0.338 e. The van der Waals surface area contributed by atoms with Crippen molar-refractivity contribution in [1.29, 1.82) is 0 Å². The van der Waals surface area contributed by atoms with Crippen molar-refractivity contribution in [3.63, 3.8) is 0 Å². The average molecular weight is 296 g/mol. The molecule has 110 valence electrons. The van der Waals surface area contributed by atoms with E-state index in [0.717, 1.165) is 43.1 Å². The molecule has 0 unspecified atom stereocenters. The summed E-state index contributed by atoms with van der Waals surface area (Å²) in [7, 11) is 3.02. The maximum absolute atomic E-state index is 11.8. The molecule has 5 heteroatoms. The van der Waals surface area contributed by atoms with Gasteiger partial charge in [-0.15, -0.1) is 0 Å². The van der Waals surface area contributed by atoms with E-state index in [1.54, 1.807) is 13.2 Å². The van der Waals surface area contributed by atoms with E-state index in [2.05, 4.69) is 0 Å². The van der Waals surface area contributed by atoms with Crippen molar-refractivity contribution in [2.24, 2.45) is 0 Å². The van der Waals surface area contributed by atoms with E-state index in [-0.39, 0.29) is 5.97 Å². The molecule has 0 atom stereocenters. The summed E-state index contributed by atoms with van der Waals surface area (Å²) in [6.45, 7) is 1.65. The van der Waals surface area contributed by atoms with Gasteiger partial charge in [-0.1, -0.05) is 6.07 Å². The van der Waals surface area contributed by atoms with Crippen molar-refractivity contribution in [3.05, 3.63) is 29.3 Å². The van der Waals surface area contributed by atoms with Crippen LogP contribution < -0.4 is 4.74 Å². The Bertz CT molecular complexity index is 455. The molecule has 1 aliphatic heterocycles. The Morgan fingerprint density at radius 2 is 2.10 bits per heavy atom. The number of hydrogen-bond acceptors (Lipinski definition) is 5. The van der Waals surface area contributed by atoms with Gasteiger partial charge in [-0.05, 0) is 25.0 Å². The number of hydrogen-bond donors (Lipinski definition) is 0. The van der Waals surface area contributed by atoms with Gasteiger partial charge in [0.1, 0.15) is 5.75 Å². The Morgan fingerprint density at radius 3 is 2.75 bits per heavy atom. The van der Waals surface area contributed by atoms with Crippen LogP contribution in [0.2, 0.25) is 0 Å². The highest BCUT2D eigenvalue weighted by molar-refractivity contribution is 7.99. The van der Waals surface area contributed by atoms with Crippen LogP contribution in [0.15, 0.2) is 18.2 Å². The first-order valence-corrected chi connectivity index (χ1v) is 7.74. The van der Waals surface area contributed by atoms with E-state index in [1.807, 2.05) is 23.9 Å². The zero-order valence-corrected chi connectivity index (χ0v) is 12.7. The van der Waals surface area contributed by atoms with Crippen LogP contribution in [0, 0.1) is 0 Å². The third-order valence-corrected chi connectivity index (χ3v) is 4.79. The van der Waals surface area contributed by atoms with Crippen molar-refractivity contribution in [1.82, 2.24) is 0 Å². The van der Waals surface area contributed by atoms with Gasteiger partial charge in [0, 0.05) is 29.8 Å². The Labute approximate surface area is 123 Å². The summed E-state index contributed by atoms with van der Waals surface area (Å²) in [4.78, 5) is 11.8. The van der Waals surface area contributed by atoms with E-state index in [0.29, 0.717) is 10.8 Å². The lowest BCUT2D eigenvalue weighted by Gasteiger charge is -2.22. The fourth-order valence-corrected chi connectivity index (χ4v) is 3.48. The molecule has 0 bridgehead atoms. The average Bonchev–Trinajstić information content (AvgIpc) is 2.52. The number of carbonyl (C=O) groups excluding carboxylic acids is 1. The second-order valence-electron chi connectivity index (χ2n) is 4.60. The minimum absolute atomic E-state index is 0.313. The van der Waals surface area contributed by atoms with Crippen LogP contribution in [0.3, 0.4) is 0 Å². The minimum Gasteiger partial charge on any atom is -0.496 e. The second kappa shape index (κ2) is 7.55. The minimum atomic E-state index is -0.313. The lowest BCUT2D eigenvalue weighted by molar-refractivity contribution is 0.0599.